The average Bonchev–Trinajstić information content (AvgIpc) is 3.00. The predicted molar refractivity (Wildman–Crippen MR) is 74.9 cm³/mol. The van der Waals surface area contributed by atoms with Crippen LogP contribution in [-0.4, -0.2) is 24.7 Å². The summed E-state index contributed by atoms with van der Waals surface area (Å²) in [5, 5.41) is 7.46. The Balaban J connectivity index is 1.65. The van der Waals surface area contributed by atoms with Gasteiger partial charge in [0, 0.05) is 30.2 Å². The summed E-state index contributed by atoms with van der Waals surface area (Å²) in [5.41, 5.74) is 3.28. The van der Waals surface area contributed by atoms with E-state index < -0.39 is 0 Å². The SMILES string of the molecule is c1cc(Cn2cncn2)cc(NCc2cncnc2)c1. The number of hydrogen-bond acceptors (Lipinski definition) is 5. The number of aromatic nitrogens is 5. The smallest absolute Gasteiger partial charge is 0.137 e. The minimum atomic E-state index is 0.702. The van der Waals surface area contributed by atoms with Gasteiger partial charge < -0.3 is 5.32 Å². The lowest BCUT2D eigenvalue weighted by atomic mass is 10.2. The van der Waals surface area contributed by atoms with Gasteiger partial charge in [-0.15, -0.1) is 0 Å². The Labute approximate surface area is 116 Å². The molecule has 0 saturated carbocycles. The van der Waals surface area contributed by atoms with Crippen molar-refractivity contribution < 1.29 is 0 Å². The molecule has 0 radical (unpaired) electrons. The van der Waals surface area contributed by atoms with Crippen molar-refractivity contribution in [2.75, 3.05) is 5.32 Å². The van der Waals surface area contributed by atoms with Crippen LogP contribution in [0.5, 0.6) is 0 Å². The molecule has 3 aromatic rings. The van der Waals surface area contributed by atoms with Gasteiger partial charge in [0.1, 0.15) is 19.0 Å². The summed E-state index contributed by atoms with van der Waals surface area (Å²) in [7, 11) is 0. The molecule has 0 unspecified atom stereocenters. The lowest BCUT2D eigenvalue weighted by Crippen LogP contribution is -2.03. The van der Waals surface area contributed by atoms with Gasteiger partial charge in [-0.05, 0) is 17.7 Å². The van der Waals surface area contributed by atoms with Crippen LogP contribution in [0.25, 0.3) is 0 Å². The summed E-state index contributed by atoms with van der Waals surface area (Å²) >= 11 is 0. The summed E-state index contributed by atoms with van der Waals surface area (Å²) in [5.74, 6) is 0. The second-order valence-corrected chi connectivity index (χ2v) is 4.39. The van der Waals surface area contributed by atoms with Gasteiger partial charge in [-0.2, -0.15) is 5.10 Å². The van der Waals surface area contributed by atoms with Crippen LogP contribution >= 0.6 is 0 Å². The first-order valence-corrected chi connectivity index (χ1v) is 6.29. The molecule has 2 heterocycles. The van der Waals surface area contributed by atoms with E-state index in [2.05, 4.69) is 37.5 Å². The molecule has 0 fully saturated rings. The van der Waals surface area contributed by atoms with Crippen molar-refractivity contribution in [3.05, 3.63) is 66.8 Å². The average molecular weight is 266 g/mol. The molecule has 6 heteroatoms. The topological polar surface area (TPSA) is 68.5 Å². The molecule has 0 atom stereocenters. The van der Waals surface area contributed by atoms with Gasteiger partial charge in [0.25, 0.3) is 0 Å². The Bertz CT molecular complexity index is 650. The van der Waals surface area contributed by atoms with Gasteiger partial charge in [-0.1, -0.05) is 12.1 Å². The number of benzene rings is 1. The summed E-state index contributed by atoms with van der Waals surface area (Å²) in [6, 6.07) is 8.23. The maximum Gasteiger partial charge on any atom is 0.137 e. The van der Waals surface area contributed by atoms with Crippen LogP contribution in [0.3, 0.4) is 0 Å². The fourth-order valence-corrected chi connectivity index (χ4v) is 1.91. The first kappa shape index (κ1) is 12.3. The Hall–Kier alpha value is -2.76. The van der Waals surface area contributed by atoms with Crippen LogP contribution in [0.4, 0.5) is 5.69 Å². The van der Waals surface area contributed by atoms with E-state index in [1.165, 1.54) is 18.2 Å². The number of hydrogen-bond donors (Lipinski definition) is 1. The van der Waals surface area contributed by atoms with Crippen LogP contribution < -0.4 is 5.32 Å². The second-order valence-electron chi connectivity index (χ2n) is 4.39. The zero-order chi connectivity index (χ0) is 13.6. The first-order valence-electron chi connectivity index (χ1n) is 6.29. The van der Waals surface area contributed by atoms with E-state index in [1.54, 1.807) is 23.4 Å². The third-order valence-corrected chi connectivity index (χ3v) is 2.85. The molecule has 0 bridgehead atoms. The van der Waals surface area contributed by atoms with Crippen molar-refractivity contribution in [2.45, 2.75) is 13.1 Å². The third-order valence-electron chi connectivity index (χ3n) is 2.85. The minimum absolute atomic E-state index is 0.702. The summed E-state index contributed by atoms with van der Waals surface area (Å²) in [6.45, 7) is 1.41. The molecule has 0 saturated heterocycles. The molecule has 1 N–H and O–H groups in total. The van der Waals surface area contributed by atoms with Crippen LogP contribution in [0.2, 0.25) is 0 Å². The Morgan fingerprint density at radius 1 is 1.00 bits per heavy atom. The number of nitrogens with zero attached hydrogens (tertiary/aromatic N) is 5. The predicted octanol–water partition coefficient (Wildman–Crippen LogP) is 1.73. The van der Waals surface area contributed by atoms with Gasteiger partial charge in [-0.3, -0.25) is 0 Å². The van der Waals surface area contributed by atoms with E-state index in [4.69, 9.17) is 0 Å². The van der Waals surface area contributed by atoms with Crippen LogP contribution in [0.15, 0.2) is 55.6 Å². The zero-order valence-corrected chi connectivity index (χ0v) is 10.8. The Morgan fingerprint density at radius 2 is 1.90 bits per heavy atom. The molecular formula is C14H14N6. The van der Waals surface area contributed by atoms with E-state index >= 15 is 0 Å². The van der Waals surface area contributed by atoms with E-state index in [0.29, 0.717) is 13.1 Å². The molecule has 20 heavy (non-hydrogen) atoms. The maximum atomic E-state index is 4.10. The van der Waals surface area contributed by atoms with E-state index in [0.717, 1.165) is 11.3 Å². The lowest BCUT2D eigenvalue weighted by Gasteiger charge is -2.08. The molecule has 0 aliphatic rings. The third kappa shape index (κ3) is 3.17. The highest BCUT2D eigenvalue weighted by Gasteiger charge is 1.99. The monoisotopic (exact) mass is 266 g/mol. The molecule has 100 valence electrons. The highest BCUT2D eigenvalue weighted by Crippen LogP contribution is 2.12. The molecule has 3 rings (SSSR count). The largest absolute Gasteiger partial charge is 0.381 e. The normalized spacial score (nSPS) is 10.4. The van der Waals surface area contributed by atoms with E-state index in [9.17, 15) is 0 Å². The second kappa shape index (κ2) is 5.92. The Kier molecular flexibility index (Phi) is 3.64. The van der Waals surface area contributed by atoms with Crippen molar-refractivity contribution in [1.29, 1.82) is 0 Å². The van der Waals surface area contributed by atoms with Gasteiger partial charge in [-0.25, -0.2) is 19.6 Å². The maximum absolute atomic E-state index is 4.10. The standard InChI is InChI=1S/C14H14N6/c1-2-12(8-20-11-17-10-19-20)4-14(3-1)18-7-13-5-15-9-16-6-13/h1-6,9-11,18H,7-8H2. The van der Waals surface area contributed by atoms with Crippen molar-refractivity contribution in [3.8, 4) is 0 Å². The van der Waals surface area contributed by atoms with Gasteiger partial charge in [0.05, 0.1) is 6.54 Å². The molecule has 1 aromatic carbocycles. The number of anilines is 1. The van der Waals surface area contributed by atoms with Gasteiger partial charge in [0.15, 0.2) is 0 Å². The number of rotatable bonds is 5. The van der Waals surface area contributed by atoms with Crippen LogP contribution in [0.1, 0.15) is 11.1 Å². The highest BCUT2D eigenvalue weighted by atomic mass is 15.3. The van der Waals surface area contributed by atoms with Gasteiger partial charge in [0.2, 0.25) is 0 Å². The van der Waals surface area contributed by atoms with Crippen LogP contribution in [0, 0.1) is 0 Å². The zero-order valence-electron chi connectivity index (χ0n) is 10.8. The molecule has 0 aliphatic heterocycles. The van der Waals surface area contributed by atoms with Crippen molar-refractivity contribution >= 4 is 5.69 Å². The first-order chi connectivity index (χ1) is 9.90. The lowest BCUT2D eigenvalue weighted by molar-refractivity contribution is 0.685. The van der Waals surface area contributed by atoms with Crippen LogP contribution in [-0.2, 0) is 13.1 Å². The minimum Gasteiger partial charge on any atom is -0.381 e. The summed E-state index contributed by atoms with van der Waals surface area (Å²) in [4.78, 5) is 11.9. The van der Waals surface area contributed by atoms with E-state index in [-0.39, 0.29) is 0 Å². The fourth-order valence-electron chi connectivity index (χ4n) is 1.91. The molecule has 0 amide bonds. The highest BCUT2D eigenvalue weighted by molar-refractivity contribution is 5.46. The van der Waals surface area contributed by atoms with E-state index in [1.807, 2.05) is 12.1 Å². The quantitative estimate of drug-likeness (QED) is 0.761. The van der Waals surface area contributed by atoms with Crippen molar-refractivity contribution in [3.63, 3.8) is 0 Å². The molecule has 6 nitrogen and oxygen atoms in total. The molecule has 2 aromatic heterocycles. The van der Waals surface area contributed by atoms with Crippen molar-refractivity contribution in [1.82, 2.24) is 24.7 Å². The summed E-state index contributed by atoms with van der Waals surface area (Å²) in [6.07, 6.45) is 8.39. The van der Waals surface area contributed by atoms with Crippen molar-refractivity contribution in [2.24, 2.45) is 0 Å². The Morgan fingerprint density at radius 3 is 2.70 bits per heavy atom. The molecular weight excluding hydrogens is 252 g/mol. The fraction of sp³-hybridized carbons (Fsp3) is 0.143. The number of nitrogens with one attached hydrogen (secondary N) is 1. The van der Waals surface area contributed by atoms with Gasteiger partial charge >= 0.3 is 0 Å². The molecule has 0 aliphatic carbocycles. The molecule has 0 spiro atoms. The summed E-state index contributed by atoms with van der Waals surface area (Å²) < 4.78 is 1.80.